The maximum Gasteiger partial charge on any atom is 0.344 e. The lowest BCUT2D eigenvalue weighted by molar-refractivity contribution is -0.144. The fourth-order valence-electron chi connectivity index (χ4n) is 3.44. The molecule has 0 fully saturated rings. The Hall–Kier alpha value is -3.22. The van der Waals surface area contributed by atoms with Crippen molar-refractivity contribution in [2.45, 2.75) is 32.8 Å². The normalized spacial score (nSPS) is 12.0. The van der Waals surface area contributed by atoms with Gasteiger partial charge in [-0.05, 0) is 67.4 Å². The molecule has 1 atom stereocenters. The molecule has 4 aromatic rings. The maximum atomic E-state index is 11.2. The fraction of sp³-hybridized carbons (Fsp3) is 0.200. The van der Waals surface area contributed by atoms with Crippen molar-refractivity contribution < 1.29 is 23.9 Å². The number of hydrogen-bond acceptors (Lipinski definition) is 5. The second-order valence-corrected chi connectivity index (χ2v) is 8.38. The molecule has 0 aliphatic heterocycles. The summed E-state index contributed by atoms with van der Waals surface area (Å²) in [5.41, 5.74) is 3.03. The van der Waals surface area contributed by atoms with Gasteiger partial charge in [-0.25, -0.2) is 4.79 Å². The van der Waals surface area contributed by atoms with Crippen LogP contribution in [0.15, 0.2) is 59.1 Å². The van der Waals surface area contributed by atoms with E-state index in [9.17, 15) is 4.79 Å². The number of ether oxygens (including phenoxy) is 2. The van der Waals surface area contributed by atoms with Crippen LogP contribution in [-0.2, 0) is 11.2 Å². The van der Waals surface area contributed by atoms with Gasteiger partial charge in [-0.2, -0.15) is 0 Å². The van der Waals surface area contributed by atoms with Crippen molar-refractivity contribution in [3.8, 4) is 28.5 Å². The lowest BCUT2D eigenvalue weighted by atomic mass is 9.98. The molecular weight excluding hydrogens is 465 g/mol. The molecular formula is C25H21Cl2NO5. The van der Waals surface area contributed by atoms with Gasteiger partial charge in [-0.15, -0.1) is 0 Å². The number of carboxylic acid groups (broad SMARTS) is 1. The lowest BCUT2D eigenvalue weighted by Crippen LogP contribution is -2.22. The first-order valence-corrected chi connectivity index (χ1v) is 11.2. The van der Waals surface area contributed by atoms with Gasteiger partial charge in [0.05, 0.1) is 10.4 Å². The highest BCUT2D eigenvalue weighted by Crippen LogP contribution is 2.38. The summed E-state index contributed by atoms with van der Waals surface area (Å²) in [6.07, 6.45) is 0.668. The zero-order chi connectivity index (χ0) is 23.5. The van der Waals surface area contributed by atoms with Crippen molar-refractivity contribution in [2.24, 2.45) is 0 Å². The number of hydrogen-bond donors (Lipinski definition) is 1. The Kier molecular flexibility index (Phi) is 6.77. The molecule has 3 aromatic carbocycles. The second kappa shape index (κ2) is 9.73. The van der Waals surface area contributed by atoms with Crippen LogP contribution in [0.1, 0.15) is 25.8 Å². The Morgan fingerprint density at radius 1 is 1.09 bits per heavy atom. The number of benzene rings is 3. The molecule has 0 radical (unpaired) electrons. The van der Waals surface area contributed by atoms with E-state index in [0.717, 1.165) is 24.0 Å². The topological polar surface area (TPSA) is 81.8 Å². The summed E-state index contributed by atoms with van der Waals surface area (Å²) in [7, 11) is 0. The molecule has 33 heavy (non-hydrogen) atoms. The molecule has 170 valence electrons. The third-order valence-electron chi connectivity index (χ3n) is 5.08. The van der Waals surface area contributed by atoms with Gasteiger partial charge in [0, 0.05) is 16.7 Å². The molecule has 1 N–H and O–H groups in total. The van der Waals surface area contributed by atoms with Crippen molar-refractivity contribution in [3.05, 3.63) is 70.2 Å². The summed E-state index contributed by atoms with van der Waals surface area (Å²) in [5, 5.41) is 15.0. The predicted octanol–water partition coefficient (Wildman–Crippen LogP) is 7.40. The highest BCUT2D eigenvalue weighted by atomic mass is 35.5. The molecule has 0 saturated heterocycles. The molecule has 8 heteroatoms. The van der Waals surface area contributed by atoms with Crippen molar-refractivity contribution in [1.82, 2.24) is 5.16 Å². The van der Waals surface area contributed by atoms with E-state index < -0.39 is 12.1 Å². The van der Waals surface area contributed by atoms with E-state index in [2.05, 4.69) is 12.1 Å². The zero-order valence-corrected chi connectivity index (χ0v) is 19.5. The first-order chi connectivity index (χ1) is 15.9. The van der Waals surface area contributed by atoms with Gasteiger partial charge < -0.3 is 19.1 Å². The first-order valence-electron chi connectivity index (χ1n) is 10.4. The van der Waals surface area contributed by atoms with Crippen molar-refractivity contribution in [3.63, 3.8) is 0 Å². The van der Waals surface area contributed by atoms with E-state index in [1.807, 2.05) is 30.3 Å². The summed E-state index contributed by atoms with van der Waals surface area (Å²) in [4.78, 5) is 11.2. The fourth-order valence-corrected chi connectivity index (χ4v) is 3.77. The molecule has 1 aromatic heterocycles. The molecule has 0 amide bonds. The average molecular weight is 486 g/mol. The summed E-state index contributed by atoms with van der Waals surface area (Å²) < 4.78 is 17.0. The molecule has 0 saturated carbocycles. The number of aromatic nitrogens is 1. The predicted molar refractivity (Wildman–Crippen MR) is 128 cm³/mol. The average Bonchev–Trinajstić information content (AvgIpc) is 3.18. The largest absolute Gasteiger partial charge is 0.479 e. The van der Waals surface area contributed by atoms with E-state index in [1.54, 1.807) is 24.3 Å². The Labute approximate surface area is 200 Å². The third-order valence-corrected chi connectivity index (χ3v) is 5.62. The van der Waals surface area contributed by atoms with Crippen LogP contribution < -0.4 is 9.47 Å². The number of carbonyl (C=O) groups is 1. The van der Waals surface area contributed by atoms with Crippen LogP contribution in [0, 0.1) is 0 Å². The van der Waals surface area contributed by atoms with Gasteiger partial charge >= 0.3 is 5.97 Å². The van der Waals surface area contributed by atoms with Gasteiger partial charge in [0.25, 0.3) is 0 Å². The Morgan fingerprint density at radius 2 is 1.82 bits per heavy atom. The molecule has 4 rings (SSSR count). The molecule has 0 aliphatic carbocycles. The first kappa shape index (κ1) is 23.0. The quantitative estimate of drug-likeness (QED) is 0.280. The summed E-state index contributed by atoms with van der Waals surface area (Å²) in [6, 6.07) is 16.2. The van der Waals surface area contributed by atoms with Crippen LogP contribution in [0.25, 0.3) is 22.2 Å². The summed E-state index contributed by atoms with van der Waals surface area (Å²) in [6.45, 7) is 3.53. The Morgan fingerprint density at radius 3 is 2.52 bits per heavy atom. The van der Waals surface area contributed by atoms with E-state index in [-0.39, 0.29) is 10.8 Å². The highest BCUT2D eigenvalue weighted by Gasteiger charge is 2.20. The summed E-state index contributed by atoms with van der Waals surface area (Å²) >= 11 is 12.2. The van der Waals surface area contributed by atoms with Crippen molar-refractivity contribution in [2.75, 3.05) is 0 Å². The second-order valence-electron chi connectivity index (χ2n) is 7.53. The lowest BCUT2D eigenvalue weighted by Gasteiger charge is -2.13. The minimum absolute atomic E-state index is 0.249. The van der Waals surface area contributed by atoms with Gasteiger partial charge in [0.15, 0.2) is 11.7 Å². The van der Waals surface area contributed by atoms with Crippen LogP contribution in [0.4, 0.5) is 0 Å². The van der Waals surface area contributed by atoms with E-state index in [1.165, 1.54) is 6.92 Å². The van der Waals surface area contributed by atoms with Crippen LogP contribution >= 0.6 is 23.2 Å². The minimum Gasteiger partial charge on any atom is -0.479 e. The van der Waals surface area contributed by atoms with Crippen LogP contribution in [0.2, 0.25) is 10.0 Å². The molecule has 0 spiro atoms. The molecule has 1 heterocycles. The van der Waals surface area contributed by atoms with Gasteiger partial charge in [-0.1, -0.05) is 41.7 Å². The van der Waals surface area contributed by atoms with Gasteiger partial charge in [-0.3, -0.25) is 0 Å². The minimum atomic E-state index is -1.08. The van der Waals surface area contributed by atoms with Crippen LogP contribution in [0.3, 0.4) is 0 Å². The van der Waals surface area contributed by atoms with Gasteiger partial charge in [0.2, 0.25) is 0 Å². The molecule has 0 aliphatic rings. The Balaban J connectivity index is 1.73. The SMILES string of the molecule is CCCc1cc(Oc2ccc(Cl)cc2)ccc1-c1noc2cc(Cl)c(O[C@@H](C)C(=O)O)cc12. The molecule has 0 bridgehead atoms. The number of fused-ring (bicyclic) bond motifs is 1. The van der Waals surface area contributed by atoms with Gasteiger partial charge in [0.1, 0.15) is 22.9 Å². The van der Waals surface area contributed by atoms with Crippen LogP contribution in [0.5, 0.6) is 17.2 Å². The highest BCUT2D eigenvalue weighted by molar-refractivity contribution is 6.33. The Bertz CT molecular complexity index is 1300. The number of aryl methyl sites for hydroxylation is 1. The zero-order valence-electron chi connectivity index (χ0n) is 18.0. The van der Waals surface area contributed by atoms with E-state index in [0.29, 0.717) is 33.2 Å². The number of nitrogens with zero attached hydrogens (tertiary/aromatic N) is 1. The standard InChI is InChI=1S/C25H21Cl2NO5/c1-3-4-15-11-18(32-17-7-5-16(26)6-8-17)9-10-19(15)24-20-12-23(31-14(2)25(29)30)21(27)13-22(20)33-28-24/h5-14H,3-4H2,1-2H3,(H,29,30)/t14-/m0/s1. The molecule has 0 unspecified atom stereocenters. The number of halogens is 2. The number of rotatable bonds is 8. The van der Waals surface area contributed by atoms with E-state index in [4.69, 9.17) is 42.3 Å². The van der Waals surface area contributed by atoms with E-state index >= 15 is 0 Å². The molecule has 6 nitrogen and oxygen atoms in total. The third kappa shape index (κ3) is 5.07. The van der Waals surface area contributed by atoms with Crippen molar-refractivity contribution >= 4 is 40.1 Å². The number of carboxylic acids is 1. The maximum absolute atomic E-state index is 11.2. The monoisotopic (exact) mass is 485 g/mol. The number of aliphatic carboxylic acids is 1. The summed E-state index contributed by atoms with van der Waals surface area (Å²) in [5.74, 6) is 0.548. The van der Waals surface area contributed by atoms with Crippen molar-refractivity contribution in [1.29, 1.82) is 0 Å². The van der Waals surface area contributed by atoms with Crippen LogP contribution in [-0.4, -0.2) is 22.3 Å². The smallest absolute Gasteiger partial charge is 0.344 e.